The monoisotopic (exact) mass is 289 g/mol. The number of benzene rings is 1. The molecule has 0 aliphatic heterocycles. The molecule has 0 saturated heterocycles. The Hall–Kier alpha value is -1.43. The van der Waals surface area contributed by atoms with Gasteiger partial charge in [0.25, 0.3) is 0 Å². The fraction of sp³-hybridized carbons (Fsp3) is 0.571. The van der Waals surface area contributed by atoms with Gasteiger partial charge in [-0.05, 0) is 46.1 Å². The van der Waals surface area contributed by atoms with Crippen molar-refractivity contribution in [2.45, 2.75) is 26.1 Å². The summed E-state index contributed by atoms with van der Waals surface area (Å²) < 4.78 is 39.5. The normalized spacial score (nSPS) is 13.6. The summed E-state index contributed by atoms with van der Waals surface area (Å²) in [6, 6.07) is 3.93. The van der Waals surface area contributed by atoms with Crippen molar-refractivity contribution in [3.8, 4) is 0 Å². The quantitative estimate of drug-likeness (QED) is 0.846. The highest BCUT2D eigenvalue weighted by atomic mass is 19.4. The standard InChI is InChI=1S/C14H22F3N3/c1-5-20(10(2)9-19(3)4)13-7-6-11(18)8-12(13)14(15,16)17/h6-8,10H,5,9,18H2,1-4H3. The Kier molecular flexibility index (Phi) is 5.28. The molecule has 114 valence electrons. The van der Waals surface area contributed by atoms with Crippen LogP contribution in [0.2, 0.25) is 0 Å². The zero-order valence-electron chi connectivity index (χ0n) is 12.3. The van der Waals surface area contributed by atoms with Gasteiger partial charge in [-0.1, -0.05) is 0 Å². The van der Waals surface area contributed by atoms with E-state index in [4.69, 9.17) is 5.73 Å². The van der Waals surface area contributed by atoms with Crippen LogP contribution in [-0.4, -0.2) is 38.1 Å². The van der Waals surface area contributed by atoms with Crippen LogP contribution in [0.1, 0.15) is 19.4 Å². The smallest absolute Gasteiger partial charge is 0.399 e. The Morgan fingerprint density at radius 1 is 1.25 bits per heavy atom. The molecule has 0 saturated carbocycles. The molecule has 1 aromatic carbocycles. The summed E-state index contributed by atoms with van der Waals surface area (Å²) in [5, 5.41) is 0. The highest BCUT2D eigenvalue weighted by Gasteiger charge is 2.35. The van der Waals surface area contributed by atoms with Gasteiger partial charge in [-0.2, -0.15) is 13.2 Å². The number of rotatable bonds is 5. The first kappa shape index (κ1) is 16.6. The van der Waals surface area contributed by atoms with E-state index in [1.165, 1.54) is 12.1 Å². The minimum absolute atomic E-state index is 0.0280. The first-order valence-corrected chi connectivity index (χ1v) is 6.55. The van der Waals surface area contributed by atoms with E-state index in [9.17, 15) is 13.2 Å². The molecule has 6 heteroatoms. The molecule has 2 N–H and O–H groups in total. The minimum Gasteiger partial charge on any atom is -0.399 e. The van der Waals surface area contributed by atoms with Crippen LogP contribution in [0, 0.1) is 0 Å². The molecule has 0 fully saturated rings. The van der Waals surface area contributed by atoms with Crippen molar-refractivity contribution in [3.05, 3.63) is 23.8 Å². The molecular weight excluding hydrogens is 267 g/mol. The molecule has 20 heavy (non-hydrogen) atoms. The van der Waals surface area contributed by atoms with Crippen LogP contribution >= 0.6 is 0 Å². The fourth-order valence-corrected chi connectivity index (χ4v) is 2.38. The molecule has 0 bridgehead atoms. The van der Waals surface area contributed by atoms with Gasteiger partial charge in [-0.3, -0.25) is 0 Å². The molecule has 1 rings (SSSR count). The lowest BCUT2D eigenvalue weighted by Gasteiger charge is -2.34. The highest BCUT2D eigenvalue weighted by Crippen LogP contribution is 2.38. The number of hydrogen-bond donors (Lipinski definition) is 1. The van der Waals surface area contributed by atoms with Crippen molar-refractivity contribution in [1.82, 2.24) is 4.90 Å². The topological polar surface area (TPSA) is 32.5 Å². The van der Waals surface area contributed by atoms with Crippen molar-refractivity contribution in [1.29, 1.82) is 0 Å². The van der Waals surface area contributed by atoms with Crippen molar-refractivity contribution in [3.63, 3.8) is 0 Å². The summed E-state index contributed by atoms with van der Waals surface area (Å²) in [5.41, 5.74) is 5.13. The number of hydrogen-bond acceptors (Lipinski definition) is 3. The lowest BCUT2D eigenvalue weighted by atomic mass is 10.1. The second kappa shape index (κ2) is 6.35. The molecule has 0 aromatic heterocycles. The molecule has 0 aliphatic carbocycles. The molecule has 0 aliphatic rings. The molecule has 0 heterocycles. The summed E-state index contributed by atoms with van der Waals surface area (Å²) in [5.74, 6) is 0. The lowest BCUT2D eigenvalue weighted by molar-refractivity contribution is -0.137. The molecule has 0 radical (unpaired) electrons. The van der Waals surface area contributed by atoms with Crippen LogP contribution in [0.4, 0.5) is 24.5 Å². The molecular formula is C14H22F3N3. The van der Waals surface area contributed by atoms with E-state index in [1.807, 2.05) is 32.8 Å². The average molecular weight is 289 g/mol. The van der Waals surface area contributed by atoms with E-state index in [0.717, 1.165) is 6.07 Å². The van der Waals surface area contributed by atoms with Crippen molar-refractivity contribution in [2.24, 2.45) is 0 Å². The van der Waals surface area contributed by atoms with Gasteiger partial charge in [-0.15, -0.1) is 0 Å². The second-order valence-electron chi connectivity index (χ2n) is 5.17. The lowest BCUT2D eigenvalue weighted by Crippen LogP contribution is -2.41. The van der Waals surface area contributed by atoms with Gasteiger partial charge in [-0.25, -0.2) is 0 Å². The zero-order valence-corrected chi connectivity index (χ0v) is 12.3. The fourth-order valence-electron chi connectivity index (χ4n) is 2.38. The zero-order chi connectivity index (χ0) is 15.5. The Morgan fingerprint density at radius 2 is 1.85 bits per heavy atom. The van der Waals surface area contributed by atoms with E-state index >= 15 is 0 Å². The van der Waals surface area contributed by atoms with E-state index in [-0.39, 0.29) is 17.4 Å². The maximum absolute atomic E-state index is 13.2. The third-order valence-electron chi connectivity index (χ3n) is 3.14. The molecule has 3 nitrogen and oxygen atoms in total. The van der Waals surface area contributed by atoms with Crippen LogP contribution in [0.5, 0.6) is 0 Å². The van der Waals surface area contributed by atoms with Crippen LogP contribution in [0.25, 0.3) is 0 Å². The number of likely N-dealkylation sites (N-methyl/N-ethyl adjacent to an activating group) is 2. The number of nitrogens with two attached hydrogens (primary N) is 1. The largest absolute Gasteiger partial charge is 0.418 e. The summed E-state index contributed by atoms with van der Waals surface area (Å²) in [7, 11) is 3.80. The van der Waals surface area contributed by atoms with Gasteiger partial charge in [0.2, 0.25) is 0 Å². The van der Waals surface area contributed by atoms with Crippen molar-refractivity contribution in [2.75, 3.05) is 37.8 Å². The molecule has 1 aromatic rings. The predicted octanol–water partition coefficient (Wildman–Crippen LogP) is 3.06. The minimum atomic E-state index is -4.41. The van der Waals surface area contributed by atoms with E-state index < -0.39 is 11.7 Å². The van der Waals surface area contributed by atoms with Crippen molar-refractivity contribution < 1.29 is 13.2 Å². The molecule has 0 spiro atoms. The van der Waals surface area contributed by atoms with Gasteiger partial charge in [0.1, 0.15) is 0 Å². The maximum Gasteiger partial charge on any atom is 0.418 e. The van der Waals surface area contributed by atoms with Crippen molar-refractivity contribution >= 4 is 11.4 Å². The van der Waals surface area contributed by atoms with Gasteiger partial charge < -0.3 is 15.5 Å². The van der Waals surface area contributed by atoms with Crippen LogP contribution < -0.4 is 10.6 Å². The van der Waals surface area contributed by atoms with E-state index in [2.05, 4.69) is 0 Å². The van der Waals surface area contributed by atoms with Gasteiger partial charge >= 0.3 is 6.18 Å². The van der Waals surface area contributed by atoms with E-state index in [1.54, 1.807) is 4.90 Å². The number of nitrogens with zero attached hydrogens (tertiary/aromatic N) is 2. The number of alkyl halides is 3. The predicted molar refractivity (Wildman–Crippen MR) is 76.9 cm³/mol. The molecule has 0 amide bonds. The highest BCUT2D eigenvalue weighted by molar-refractivity contribution is 5.61. The van der Waals surface area contributed by atoms with Crippen LogP contribution in [0.3, 0.4) is 0 Å². The number of halogens is 3. The second-order valence-corrected chi connectivity index (χ2v) is 5.17. The third-order valence-corrected chi connectivity index (χ3v) is 3.14. The Bertz CT molecular complexity index is 444. The first-order valence-electron chi connectivity index (χ1n) is 6.55. The van der Waals surface area contributed by atoms with Crippen LogP contribution in [-0.2, 0) is 6.18 Å². The Labute approximate surface area is 118 Å². The number of anilines is 2. The summed E-state index contributed by atoms with van der Waals surface area (Å²) >= 11 is 0. The summed E-state index contributed by atoms with van der Waals surface area (Å²) in [6.07, 6.45) is -4.41. The SMILES string of the molecule is CCN(c1ccc(N)cc1C(F)(F)F)C(C)CN(C)C. The molecule has 1 unspecified atom stereocenters. The average Bonchev–Trinajstić information content (AvgIpc) is 2.29. The molecule has 1 atom stereocenters. The Morgan fingerprint density at radius 3 is 2.30 bits per heavy atom. The third kappa shape index (κ3) is 4.03. The first-order chi connectivity index (χ1) is 9.16. The maximum atomic E-state index is 13.2. The van der Waals surface area contributed by atoms with Gasteiger partial charge in [0.05, 0.1) is 5.56 Å². The van der Waals surface area contributed by atoms with E-state index in [0.29, 0.717) is 13.1 Å². The van der Waals surface area contributed by atoms with Gasteiger partial charge in [0, 0.05) is 30.5 Å². The Balaban J connectivity index is 3.21. The van der Waals surface area contributed by atoms with Gasteiger partial charge in [0.15, 0.2) is 0 Å². The van der Waals surface area contributed by atoms with Crippen LogP contribution in [0.15, 0.2) is 18.2 Å². The number of nitrogen functional groups attached to an aromatic ring is 1. The summed E-state index contributed by atoms with van der Waals surface area (Å²) in [4.78, 5) is 3.71. The summed E-state index contributed by atoms with van der Waals surface area (Å²) in [6.45, 7) is 4.94.